The first-order valence-electron chi connectivity index (χ1n) is 50.6. The minimum atomic E-state index is -1.08. The summed E-state index contributed by atoms with van der Waals surface area (Å²) < 4.78 is 0. The summed E-state index contributed by atoms with van der Waals surface area (Å²) in [6, 6.07) is 140. The molecule has 0 bridgehead atoms. The predicted molar refractivity (Wildman–Crippen MR) is 603 cm³/mol. The molecule has 0 atom stereocenters. The van der Waals surface area contributed by atoms with E-state index < -0.39 is 5.41 Å². The quantitative estimate of drug-likeness (QED) is 0.0960. The molecular weight excluding hydrogens is 1670 g/mol. The van der Waals surface area contributed by atoms with E-state index in [0.29, 0.717) is 0 Å². The number of benzene rings is 17. The summed E-state index contributed by atoms with van der Waals surface area (Å²) in [6.07, 6.45) is 0. The molecule has 0 nitrogen and oxygen atoms in total. The Morgan fingerprint density at radius 2 is 0.331 bits per heavy atom. The van der Waals surface area contributed by atoms with Crippen molar-refractivity contribution in [2.45, 2.75) is 243 Å². The van der Waals surface area contributed by atoms with Gasteiger partial charge in [-0.3, -0.25) is 0 Å². The third-order valence-electron chi connectivity index (χ3n) is 29.7. The van der Waals surface area contributed by atoms with Gasteiger partial charge in [-0.2, -0.15) is 0 Å². The molecule has 698 valence electrons. The lowest BCUT2D eigenvalue weighted by molar-refractivity contribution is 0.590. The van der Waals surface area contributed by atoms with Crippen LogP contribution in [0.25, 0.3) is 156 Å². The van der Waals surface area contributed by atoms with Crippen LogP contribution in [0, 0.1) is 27.7 Å². The zero-order valence-corrected chi connectivity index (χ0v) is 88.0. The highest BCUT2D eigenvalue weighted by Gasteiger charge is 2.49. The molecule has 0 heteroatoms. The minimum Gasteiger partial charge on any atom is -0.0613 e. The van der Waals surface area contributed by atoms with E-state index in [1.165, 1.54) is 145 Å². The van der Waals surface area contributed by atoms with Crippen molar-refractivity contribution in [3.05, 3.63) is 441 Å². The van der Waals surface area contributed by atoms with Crippen LogP contribution in [0.2, 0.25) is 0 Å². The van der Waals surface area contributed by atoms with Crippen molar-refractivity contribution >= 4 is 0 Å². The predicted octanol–water partition coefficient (Wildman–Crippen LogP) is 39.3. The standard InChI is InChI=1S/C139H142/c1-87-32-65-127-126(68-87)130-125(129-89(3)66-88(2)67-90(129)4)30-29-31-128(130)139(127,123-83-111(107-73-99(91-33-49-115(50-34-91)131(5,6)7)69-100(74-107)92-35-51-116(52-36-92)132(8,9)10)81-112(84-123)108-75-101(93-37-53-117(54-38-93)133(11,12)13)70-102(76-108)94-39-55-118(56-40-94)134(14,15)16)124-85-113(109-77-103(95-41-57-119(58-42-95)135(17,18)19)71-104(78-109)96-43-59-120(60-44-96)136(20,21)22)82-114(86-124)110-79-105(97-45-61-121(62-46-97)137(23,24)25)72-106(80-110)98-47-63-122(64-48-98)138(26,27)28/h29-86H,1-28H3. The van der Waals surface area contributed by atoms with E-state index in [1.807, 2.05) is 0 Å². The maximum Gasteiger partial charge on any atom is 0.0714 e. The lowest BCUT2D eigenvalue weighted by Crippen LogP contribution is -2.29. The Balaban J connectivity index is 1.03. The topological polar surface area (TPSA) is 0 Å². The number of hydrogen-bond donors (Lipinski definition) is 0. The molecule has 0 saturated heterocycles. The Morgan fingerprint density at radius 1 is 0.144 bits per heavy atom. The Labute approximate surface area is 833 Å². The summed E-state index contributed by atoms with van der Waals surface area (Å²) in [5.41, 5.74) is 51.3. The van der Waals surface area contributed by atoms with Crippen molar-refractivity contribution in [3.8, 4) is 156 Å². The van der Waals surface area contributed by atoms with Crippen LogP contribution in [0.15, 0.2) is 352 Å². The van der Waals surface area contributed by atoms with Crippen LogP contribution in [-0.4, -0.2) is 0 Å². The molecule has 0 amide bonds. The number of hydrogen-bond acceptors (Lipinski definition) is 0. The molecule has 139 heavy (non-hydrogen) atoms. The molecule has 17 aromatic carbocycles. The summed E-state index contributed by atoms with van der Waals surface area (Å²) in [7, 11) is 0. The van der Waals surface area contributed by atoms with Gasteiger partial charge in [0.25, 0.3) is 0 Å². The largest absolute Gasteiger partial charge is 0.0714 e. The molecule has 0 radical (unpaired) electrons. The third kappa shape index (κ3) is 19.6. The smallest absolute Gasteiger partial charge is 0.0613 e. The molecular formula is C139H142. The average molecular weight is 1810 g/mol. The monoisotopic (exact) mass is 1810 g/mol. The highest BCUT2D eigenvalue weighted by atomic mass is 14.5. The van der Waals surface area contributed by atoms with Gasteiger partial charge in [-0.25, -0.2) is 0 Å². The molecule has 0 aromatic heterocycles. The number of fused-ring (bicyclic) bond motifs is 3. The molecule has 1 aliphatic carbocycles. The average Bonchev–Trinajstić information content (AvgIpc) is 1.52. The maximum absolute atomic E-state index is 2.64. The van der Waals surface area contributed by atoms with Crippen molar-refractivity contribution in [2.24, 2.45) is 0 Å². The molecule has 17 aromatic rings. The van der Waals surface area contributed by atoms with Gasteiger partial charge in [-0.15, -0.1) is 0 Å². The summed E-state index contributed by atoms with van der Waals surface area (Å²) in [4.78, 5) is 0. The second-order valence-corrected chi connectivity index (χ2v) is 48.7. The summed E-state index contributed by atoms with van der Waals surface area (Å²) in [5, 5.41) is 0. The van der Waals surface area contributed by atoms with E-state index in [-0.39, 0.29) is 43.3 Å². The molecule has 0 N–H and O–H groups in total. The van der Waals surface area contributed by atoms with E-state index in [9.17, 15) is 0 Å². The Morgan fingerprint density at radius 3 is 0.525 bits per heavy atom. The Kier molecular flexibility index (Phi) is 24.8. The van der Waals surface area contributed by atoms with Crippen LogP contribution in [0.1, 0.15) is 255 Å². The highest BCUT2D eigenvalue weighted by Crippen LogP contribution is 2.61. The third-order valence-corrected chi connectivity index (χ3v) is 29.7. The lowest BCUT2D eigenvalue weighted by atomic mass is 9.65. The Bertz CT molecular complexity index is 6440. The molecule has 0 unspecified atom stereocenters. The van der Waals surface area contributed by atoms with Crippen molar-refractivity contribution in [1.82, 2.24) is 0 Å². The summed E-state index contributed by atoms with van der Waals surface area (Å²) in [5.74, 6) is 0. The molecule has 0 spiro atoms. The van der Waals surface area contributed by atoms with Gasteiger partial charge in [0.1, 0.15) is 0 Å². The van der Waals surface area contributed by atoms with Crippen LogP contribution >= 0.6 is 0 Å². The van der Waals surface area contributed by atoms with Crippen LogP contribution in [0.3, 0.4) is 0 Å². The van der Waals surface area contributed by atoms with Crippen LogP contribution < -0.4 is 0 Å². The first kappa shape index (κ1) is 96.0. The highest BCUT2D eigenvalue weighted by molar-refractivity contribution is 6.00. The fourth-order valence-corrected chi connectivity index (χ4v) is 21.3. The van der Waals surface area contributed by atoms with E-state index in [0.717, 1.165) is 100 Å². The summed E-state index contributed by atoms with van der Waals surface area (Å²) in [6.45, 7) is 64.8. The molecule has 0 fully saturated rings. The van der Waals surface area contributed by atoms with Gasteiger partial charge in [0.15, 0.2) is 0 Å². The van der Waals surface area contributed by atoms with Crippen LogP contribution in [0.4, 0.5) is 0 Å². The summed E-state index contributed by atoms with van der Waals surface area (Å²) >= 11 is 0. The number of aryl methyl sites for hydroxylation is 4. The van der Waals surface area contributed by atoms with Crippen LogP contribution in [-0.2, 0) is 48.7 Å². The second-order valence-electron chi connectivity index (χ2n) is 48.7. The lowest BCUT2D eigenvalue weighted by Gasteiger charge is -2.36. The zero-order chi connectivity index (χ0) is 98.9. The zero-order valence-electron chi connectivity index (χ0n) is 88.0. The van der Waals surface area contributed by atoms with E-state index in [1.54, 1.807) is 0 Å². The molecule has 18 rings (SSSR count). The molecule has 0 saturated carbocycles. The molecule has 0 aliphatic heterocycles. The van der Waals surface area contributed by atoms with E-state index in [4.69, 9.17) is 0 Å². The van der Waals surface area contributed by atoms with Gasteiger partial charge in [-0.05, 0) is 414 Å². The van der Waals surface area contributed by atoms with Crippen LogP contribution in [0.5, 0.6) is 0 Å². The Hall–Kier alpha value is -13.3. The van der Waals surface area contributed by atoms with Crippen molar-refractivity contribution in [2.75, 3.05) is 0 Å². The van der Waals surface area contributed by atoms with Gasteiger partial charge in [0.2, 0.25) is 0 Å². The van der Waals surface area contributed by atoms with Crippen molar-refractivity contribution in [3.63, 3.8) is 0 Å². The van der Waals surface area contributed by atoms with E-state index in [2.05, 4.69) is 546 Å². The van der Waals surface area contributed by atoms with Gasteiger partial charge in [0, 0.05) is 0 Å². The second kappa shape index (κ2) is 35.9. The normalized spacial score (nSPS) is 13.1. The van der Waals surface area contributed by atoms with Gasteiger partial charge >= 0.3 is 0 Å². The van der Waals surface area contributed by atoms with Gasteiger partial charge in [0.05, 0.1) is 5.41 Å². The molecule has 0 heterocycles. The maximum atomic E-state index is 2.64. The van der Waals surface area contributed by atoms with E-state index >= 15 is 0 Å². The van der Waals surface area contributed by atoms with Gasteiger partial charge in [-0.1, -0.05) is 420 Å². The first-order chi connectivity index (χ1) is 65.5. The molecule has 1 aliphatic rings. The number of rotatable bonds is 15. The van der Waals surface area contributed by atoms with Gasteiger partial charge < -0.3 is 0 Å². The first-order valence-corrected chi connectivity index (χ1v) is 50.6. The fourth-order valence-electron chi connectivity index (χ4n) is 21.3. The minimum absolute atomic E-state index is 0.0410. The van der Waals surface area contributed by atoms with Crippen molar-refractivity contribution in [1.29, 1.82) is 0 Å². The van der Waals surface area contributed by atoms with Crippen molar-refractivity contribution < 1.29 is 0 Å². The SMILES string of the molecule is Cc1cc(C)c(-c2cccc3c2-c2cc(C)ccc2C3(c2cc(-c3cc(-c4ccc(C(C)(C)C)cc4)cc(-c4ccc(C(C)(C)C)cc4)c3)cc(-c3cc(-c4ccc(C(C)(C)C)cc4)cc(-c4ccc(C(C)(C)C)cc4)c3)c2)c2cc(-c3cc(-c4ccc(C(C)(C)C)cc4)cc(-c4ccc(C(C)(C)C)cc4)c3)cc(-c3cc(-c4ccc(C(C)(C)C)cc4)cc(-c4ccc(C(C)(C)C)cc4)c3)c2)c(C)c1. The fraction of sp³-hybridized carbons (Fsp3) is 0.266.